The number of aromatic nitrogens is 1. The molecule has 39 heavy (non-hydrogen) atoms. The first-order chi connectivity index (χ1) is 18.7. The Hall–Kier alpha value is -3.60. The molecular weight excluding hydrogens is 562 g/mol. The standard InChI is InChI=1S/C21H24BrN5O2.C8H8O2/c1-13-14(2)21(29)27(20(13)28)24-19-10-15(12-26-8-6-25(3)7-9-26)17-5-4-16(22)11-18(17)23-19;1-10-8-4-2-3-7(5-8)6-9/h4-5,10-11H,6-9,12H2,1-3H3,(H,23,24);2-6H,1H3. The van der Waals surface area contributed by atoms with Gasteiger partial charge in [0.15, 0.2) is 0 Å². The molecule has 2 aliphatic heterocycles. The van der Waals surface area contributed by atoms with Gasteiger partial charge in [-0.3, -0.25) is 24.7 Å². The number of hydrazine groups is 1. The number of hydrogen-bond donors (Lipinski definition) is 1. The number of ether oxygens (including phenoxy) is 1. The van der Waals surface area contributed by atoms with Crippen LogP contribution >= 0.6 is 15.9 Å². The number of nitrogens with zero attached hydrogens (tertiary/aromatic N) is 4. The first-order valence-corrected chi connectivity index (χ1v) is 13.4. The monoisotopic (exact) mass is 593 g/mol. The second-order valence-electron chi connectivity index (χ2n) is 9.61. The summed E-state index contributed by atoms with van der Waals surface area (Å²) in [6.07, 6.45) is 0.794. The lowest BCUT2D eigenvalue weighted by Crippen LogP contribution is -2.43. The summed E-state index contributed by atoms with van der Waals surface area (Å²) >= 11 is 3.51. The highest BCUT2D eigenvalue weighted by Crippen LogP contribution is 2.27. The molecule has 0 bridgehead atoms. The molecule has 0 atom stereocenters. The second kappa shape index (κ2) is 12.5. The van der Waals surface area contributed by atoms with Crippen LogP contribution in [-0.2, 0) is 16.1 Å². The Morgan fingerprint density at radius 2 is 1.69 bits per heavy atom. The average molecular weight is 595 g/mol. The van der Waals surface area contributed by atoms with Gasteiger partial charge in [0.25, 0.3) is 11.8 Å². The topological polar surface area (TPSA) is 95.1 Å². The molecule has 0 aliphatic carbocycles. The summed E-state index contributed by atoms with van der Waals surface area (Å²) in [5.41, 5.74) is 6.43. The number of nitrogens with one attached hydrogen (secondary N) is 1. The van der Waals surface area contributed by atoms with Crippen LogP contribution in [0.2, 0.25) is 0 Å². The SMILES string of the molecule is CC1=C(C)C(=O)N(Nc2cc(CN3CCN(C)CC3)c3ccc(Br)cc3n2)C1=O.COc1cccc(C=O)c1. The lowest BCUT2D eigenvalue weighted by Gasteiger charge is -2.32. The number of aldehydes is 1. The molecule has 0 unspecified atom stereocenters. The molecule has 0 radical (unpaired) electrons. The van der Waals surface area contributed by atoms with Crippen LogP contribution in [-0.4, -0.2) is 78.2 Å². The molecule has 204 valence electrons. The number of benzene rings is 2. The molecule has 0 saturated carbocycles. The van der Waals surface area contributed by atoms with Gasteiger partial charge in [0.2, 0.25) is 0 Å². The molecule has 5 rings (SSSR count). The fourth-order valence-electron chi connectivity index (χ4n) is 4.39. The zero-order chi connectivity index (χ0) is 28.1. The Bertz CT molecular complexity index is 1410. The molecular formula is C29H32BrN5O4. The zero-order valence-electron chi connectivity index (χ0n) is 22.5. The number of carbonyl (C=O) groups excluding carboxylic acids is 3. The summed E-state index contributed by atoms with van der Waals surface area (Å²) in [6.45, 7) is 8.22. The quantitative estimate of drug-likeness (QED) is 0.334. The van der Waals surface area contributed by atoms with Gasteiger partial charge in [0.05, 0.1) is 12.6 Å². The van der Waals surface area contributed by atoms with E-state index >= 15 is 0 Å². The van der Waals surface area contributed by atoms with Crippen LogP contribution in [0.5, 0.6) is 5.75 Å². The fourth-order valence-corrected chi connectivity index (χ4v) is 4.74. The minimum atomic E-state index is -0.329. The van der Waals surface area contributed by atoms with Crippen molar-refractivity contribution in [1.82, 2.24) is 19.8 Å². The lowest BCUT2D eigenvalue weighted by atomic mass is 10.1. The molecule has 2 aliphatic rings. The van der Waals surface area contributed by atoms with Crippen LogP contribution in [0.1, 0.15) is 29.8 Å². The van der Waals surface area contributed by atoms with Crippen LogP contribution in [0.3, 0.4) is 0 Å². The number of imide groups is 1. The van der Waals surface area contributed by atoms with Crippen molar-refractivity contribution >= 4 is 50.8 Å². The highest BCUT2D eigenvalue weighted by Gasteiger charge is 2.34. The Morgan fingerprint density at radius 3 is 2.33 bits per heavy atom. The van der Waals surface area contributed by atoms with Gasteiger partial charge in [-0.1, -0.05) is 34.1 Å². The van der Waals surface area contributed by atoms with E-state index in [9.17, 15) is 14.4 Å². The van der Waals surface area contributed by atoms with Gasteiger partial charge in [-0.25, -0.2) is 4.98 Å². The van der Waals surface area contributed by atoms with E-state index in [0.717, 1.165) is 65.0 Å². The number of rotatable bonds is 6. The molecule has 3 heterocycles. The molecule has 1 saturated heterocycles. The van der Waals surface area contributed by atoms with Crippen LogP contribution in [0.15, 0.2) is 64.1 Å². The van der Waals surface area contributed by atoms with Crippen molar-refractivity contribution in [3.63, 3.8) is 0 Å². The van der Waals surface area contributed by atoms with Crippen molar-refractivity contribution in [2.45, 2.75) is 20.4 Å². The Morgan fingerprint density at radius 1 is 1.00 bits per heavy atom. The van der Waals surface area contributed by atoms with E-state index in [1.54, 1.807) is 45.2 Å². The summed E-state index contributed by atoms with van der Waals surface area (Å²) in [5, 5.41) is 2.12. The zero-order valence-corrected chi connectivity index (χ0v) is 24.1. The molecule has 2 amide bonds. The number of anilines is 1. The maximum absolute atomic E-state index is 12.4. The van der Waals surface area contributed by atoms with Crippen molar-refractivity contribution in [3.05, 3.63) is 75.3 Å². The summed E-state index contributed by atoms with van der Waals surface area (Å²) in [4.78, 5) is 44.5. The number of methoxy groups -OCH3 is 1. The van der Waals surface area contributed by atoms with E-state index < -0.39 is 0 Å². The maximum atomic E-state index is 12.4. The number of hydrogen-bond acceptors (Lipinski definition) is 8. The number of piperazine rings is 1. The van der Waals surface area contributed by atoms with E-state index in [2.05, 4.69) is 49.3 Å². The van der Waals surface area contributed by atoms with E-state index in [-0.39, 0.29) is 11.8 Å². The van der Waals surface area contributed by atoms with Gasteiger partial charge in [-0.15, -0.1) is 0 Å². The molecule has 10 heteroatoms. The minimum absolute atomic E-state index is 0.329. The normalized spacial score (nSPS) is 16.4. The average Bonchev–Trinajstić information content (AvgIpc) is 3.12. The highest BCUT2D eigenvalue weighted by atomic mass is 79.9. The second-order valence-corrected chi connectivity index (χ2v) is 10.5. The van der Waals surface area contributed by atoms with Crippen LogP contribution in [0, 0.1) is 0 Å². The molecule has 3 aromatic rings. The maximum Gasteiger partial charge on any atom is 0.275 e. The van der Waals surface area contributed by atoms with E-state index in [0.29, 0.717) is 28.3 Å². The summed E-state index contributed by atoms with van der Waals surface area (Å²) in [5.74, 6) is 0.544. The van der Waals surface area contributed by atoms with E-state index in [4.69, 9.17) is 4.74 Å². The third-order valence-corrected chi connectivity index (χ3v) is 7.41. The smallest absolute Gasteiger partial charge is 0.275 e. The minimum Gasteiger partial charge on any atom is -0.497 e. The van der Waals surface area contributed by atoms with Crippen molar-refractivity contribution in [2.24, 2.45) is 0 Å². The van der Waals surface area contributed by atoms with E-state index in [1.165, 1.54) is 0 Å². The molecule has 1 fully saturated rings. The molecule has 1 aromatic heterocycles. The van der Waals surface area contributed by atoms with Crippen LogP contribution < -0.4 is 10.2 Å². The lowest BCUT2D eigenvalue weighted by molar-refractivity contribution is -0.135. The number of carbonyl (C=O) groups is 3. The van der Waals surface area contributed by atoms with Gasteiger partial charge < -0.3 is 9.64 Å². The van der Waals surface area contributed by atoms with Crippen LogP contribution in [0.25, 0.3) is 10.9 Å². The van der Waals surface area contributed by atoms with Crippen molar-refractivity contribution in [1.29, 1.82) is 0 Å². The number of pyridine rings is 1. The van der Waals surface area contributed by atoms with E-state index in [1.807, 2.05) is 18.2 Å². The summed E-state index contributed by atoms with van der Waals surface area (Å²) < 4.78 is 5.83. The van der Waals surface area contributed by atoms with Crippen molar-refractivity contribution < 1.29 is 19.1 Å². The Labute approximate surface area is 236 Å². The van der Waals surface area contributed by atoms with Gasteiger partial charge >= 0.3 is 0 Å². The van der Waals surface area contributed by atoms with Gasteiger partial charge in [-0.05, 0) is 56.8 Å². The first-order valence-electron chi connectivity index (χ1n) is 12.6. The van der Waals surface area contributed by atoms with Gasteiger partial charge in [0.1, 0.15) is 17.9 Å². The van der Waals surface area contributed by atoms with Crippen molar-refractivity contribution in [2.75, 3.05) is 45.8 Å². The predicted molar refractivity (Wildman–Crippen MR) is 154 cm³/mol. The highest BCUT2D eigenvalue weighted by molar-refractivity contribution is 9.10. The van der Waals surface area contributed by atoms with Gasteiger partial charge in [0, 0.05) is 59.3 Å². The molecule has 1 N–H and O–H groups in total. The number of fused-ring (bicyclic) bond motifs is 1. The molecule has 0 spiro atoms. The van der Waals surface area contributed by atoms with Crippen molar-refractivity contribution in [3.8, 4) is 5.75 Å². The third kappa shape index (κ3) is 6.70. The Balaban J connectivity index is 0.000000298. The first kappa shape index (κ1) is 28.4. The number of amides is 2. The largest absolute Gasteiger partial charge is 0.497 e. The summed E-state index contributed by atoms with van der Waals surface area (Å²) in [6, 6.07) is 15.0. The third-order valence-electron chi connectivity index (χ3n) is 6.91. The predicted octanol–water partition coefficient (Wildman–Crippen LogP) is 4.28. The van der Waals surface area contributed by atoms with Crippen LogP contribution in [0.4, 0.5) is 5.82 Å². The molecule has 2 aromatic carbocycles. The number of likely N-dealkylation sites (N-methyl/N-ethyl adjacent to an activating group) is 1. The Kier molecular flexibility index (Phi) is 9.11. The molecule has 9 nitrogen and oxygen atoms in total. The fraction of sp³-hybridized carbons (Fsp3) is 0.310. The number of halogens is 1. The van der Waals surface area contributed by atoms with Gasteiger partial charge in [-0.2, -0.15) is 5.01 Å². The summed E-state index contributed by atoms with van der Waals surface area (Å²) in [7, 11) is 3.71.